The third kappa shape index (κ3) is 1.96. The Balaban J connectivity index is 2.82. The monoisotopic (exact) mass is 236 g/mol. The van der Waals surface area contributed by atoms with E-state index in [1.165, 1.54) is 12.1 Å². The molecule has 4 N–H and O–H groups in total. The van der Waals surface area contributed by atoms with Crippen molar-refractivity contribution in [1.29, 1.82) is 0 Å². The van der Waals surface area contributed by atoms with E-state index in [0.717, 1.165) is 6.07 Å². The van der Waals surface area contributed by atoms with Gasteiger partial charge >= 0.3 is 5.97 Å². The van der Waals surface area contributed by atoms with Gasteiger partial charge in [0, 0.05) is 10.9 Å². The van der Waals surface area contributed by atoms with Crippen LogP contribution in [0.25, 0.3) is 10.9 Å². The van der Waals surface area contributed by atoms with Crippen LogP contribution >= 0.6 is 0 Å². The first kappa shape index (κ1) is 11.1. The molecule has 2 rings (SSSR count). The predicted octanol–water partition coefficient (Wildman–Crippen LogP) is 0.877. The molecule has 0 saturated carbocycles. The fourth-order valence-electron chi connectivity index (χ4n) is 1.70. The lowest BCUT2D eigenvalue weighted by molar-refractivity contribution is -0.136. The molecule has 1 heterocycles. The molecule has 0 unspecified atom stereocenters. The number of aromatic nitrogens is 1. The lowest BCUT2D eigenvalue weighted by atomic mass is 10.0. The van der Waals surface area contributed by atoms with Crippen LogP contribution in [0.5, 0.6) is 0 Å². The number of hydrogen-bond acceptors (Lipinski definition) is 3. The van der Waals surface area contributed by atoms with Crippen LogP contribution in [0.2, 0.25) is 0 Å². The topological polar surface area (TPSA) is 96.2 Å². The highest BCUT2D eigenvalue weighted by atomic mass is 19.1. The second-order valence-corrected chi connectivity index (χ2v) is 3.61. The summed E-state index contributed by atoms with van der Waals surface area (Å²) in [4.78, 5) is 24.6. The zero-order valence-electron chi connectivity index (χ0n) is 8.66. The van der Waals surface area contributed by atoms with Gasteiger partial charge in [0.25, 0.3) is 5.56 Å². The molecule has 88 valence electrons. The number of nitrogens with two attached hydrogens (primary N) is 1. The number of carboxylic acid groups (broad SMARTS) is 1. The van der Waals surface area contributed by atoms with Gasteiger partial charge in [-0.3, -0.25) is 9.59 Å². The van der Waals surface area contributed by atoms with Crippen LogP contribution < -0.4 is 11.3 Å². The van der Waals surface area contributed by atoms with E-state index in [2.05, 4.69) is 4.98 Å². The zero-order valence-corrected chi connectivity index (χ0v) is 8.66. The summed E-state index contributed by atoms with van der Waals surface area (Å²) in [7, 11) is 0. The first-order chi connectivity index (χ1) is 7.99. The fraction of sp³-hybridized carbons (Fsp3) is 0.0909. The molecule has 2 aromatic rings. The van der Waals surface area contributed by atoms with Crippen molar-refractivity contribution in [3.05, 3.63) is 39.9 Å². The number of nitrogen functional groups attached to an aromatic ring is 1. The van der Waals surface area contributed by atoms with Gasteiger partial charge in [0.1, 0.15) is 11.5 Å². The highest BCUT2D eigenvalue weighted by Gasteiger charge is 2.13. The minimum absolute atomic E-state index is 0.147. The minimum atomic E-state index is -1.10. The van der Waals surface area contributed by atoms with E-state index in [4.69, 9.17) is 10.8 Å². The summed E-state index contributed by atoms with van der Waals surface area (Å²) in [6.07, 6.45) is -0.377. The van der Waals surface area contributed by atoms with E-state index in [9.17, 15) is 14.0 Å². The van der Waals surface area contributed by atoms with Gasteiger partial charge in [-0.15, -0.1) is 0 Å². The Morgan fingerprint density at radius 2 is 2.18 bits per heavy atom. The van der Waals surface area contributed by atoms with E-state index in [-0.39, 0.29) is 23.2 Å². The van der Waals surface area contributed by atoms with Crippen LogP contribution in [0.15, 0.2) is 23.0 Å². The molecule has 1 aromatic carbocycles. The Labute approximate surface area is 94.7 Å². The molecule has 0 aliphatic carbocycles. The van der Waals surface area contributed by atoms with Crippen LogP contribution in [0, 0.1) is 5.82 Å². The number of aromatic amines is 1. The van der Waals surface area contributed by atoms with Crippen LogP contribution in [-0.4, -0.2) is 16.1 Å². The van der Waals surface area contributed by atoms with E-state index in [0.29, 0.717) is 5.39 Å². The van der Waals surface area contributed by atoms with Crippen LogP contribution in [0.1, 0.15) is 5.56 Å². The summed E-state index contributed by atoms with van der Waals surface area (Å²) in [6.45, 7) is 0. The van der Waals surface area contributed by atoms with E-state index in [1.807, 2.05) is 0 Å². The molecule has 0 saturated heterocycles. The Bertz CT molecular complexity index is 664. The molecule has 1 aromatic heterocycles. The molecular formula is C11H9FN2O3. The highest BCUT2D eigenvalue weighted by Crippen LogP contribution is 2.21. The first-order valence-electron chi connectivity index (χ1n) is 4.80. The number of anilines is 1. The molecule has 17 heavy (non-hydrogen) atoms. The Morgan fingerprint density at radius 3 is 2.82 bits per heavy atom. The van der Waals surface area contributed by atoms with Gasteiger partial charge in [0.2, 0.25) is 0 Å². The van der Waals surface area contributed by atoms with Crippen molar-refractivity contribution in [3.63, 3.8) is 0 Å². The van der Waals surface area contributed by atoms with Gasteiger partial charge in [-0.05, 0) is 18.2 Å². The molecule has 0 amide bonds. The Kier molecular flexibility index (Phi) is 2.55. The molecule has 0 radical (unpaired) electrons. The van der Waals surface area contributed by atoms with E-state index < -0.39 is 17.3 Å². The second kappa shape index (κ2) is 3.89. The summed E-state index contributed by atoms with van der Waals surface area (Å²) in [5.74, 6) is -1.62. The number of rotatable bonds is 2. The molecule has 0 atom stereocenters. The lowest BCUT2D eigenvalue weighted by Gasteiger charge is -2.07. The number of halogens is 1. The van der Waals surface area contributed by atoms with Gasteiger partial charge in [0.15, 0.2) is 0 Å². The molecule has 0 spiro atoms. The van der Waals surface area contributed by atoms with Crippen molar-refractivity contribution in [2.75, 3.05) is 5.73 Å². The summed E-state index contributed by atoms with van der Waals surface area (Å²) < 4.78 is 13.0. The average molecular weight is 236 g/mol. The van der Waals surface area contributed by atoms with Crippen molar-refractivity contribution in [1.82, 2.24) is 4.98 Å². The van der Waals surface area contributed by atoms with Gasteiger partial charge in [-0.25, -0.2) is 4.39 Å². The van der Waals surface area contributed by atoms with Gasteiger partial charge in [-0.2, -0.15) is 0 Å². The smallest absolute Gasteiger partial charge is 0.307 e. The zero-order chi connectivity index (χ0) is 12.6. The number of hydrogen-bond donors (Lipinski definition) is 3. The Hall–Kier alpha value is -2.37. The van der Waals surface area contributed by atoms with Gasteiger partial charge in [-0.1, -0.05) is 0 Å². The molecular weight excluding hydrogens is 227 g/mol. The predicted molar refractivity (Wildman–Crippen MR) is 60.3 cm³/mol. The number of pyridine rings is 1. The maximum Gasteiger partial charge on any atom is 0.307 e. The standard InChI is InChI=1S/C11H9FN2O3/c12-5-1-2-6-7(4-9(15)16)10(13)11(17)14-8(6)3-5/h1-3H,4,13H2,(H,14,17)(H,15,16). The quantitative estimate of drug-likeness (QED) is 0.721. The van der Waals surface area contributed by atoms with E-state index >= 15 is 0 Å². The molecule has 0 fully saturated rings. The largest absolute Gasteiger partial charge is 0.481 e. The Morgan fingerprint density at radius 1 is 1.47 bits per heavy atom. The minimum Gasteiger partial charge on any atom is -0.481 e. The number of fused-ring (bicyclic) bond motifs is 1. The maximum absolute atomic E-state index is 13.0. The highest BCUT2D eigenvalue weighted by molar-refractivity contribution is 5.89. The number of carbonyl (C=O) groups is 1. The average Bonchev–Trinajstić information content (AvgIpc) is 2.24. The van der Waals surface area contributed by atoms with Gasteiger partial charge in [0.05, 0.1) is 11.9 Å². The number of nitrogens with one attached hydrogen (secondary N) is 1. The molecule has 0 aliphatic rings. The number of H-pyrrole nitrogens is 1. The summed E-state index contributed by atoms with van der Waals surface area (Å²) in [5, 5.41) is 9.19. The second-order valence-electron chi connectivity index (χ2n) is 3.61. The van der Waals surface area contributed by atoms with Crippen molar-refractivity contribution in [2.24, 2.45) is 0 Å². The van der Waals surface area contributed by atoms with Crippen LogP contribution in [0.4, 0.5) is 10.1 Å². The SMILES string of the molecule is Nc1c(CC(=O)O)c2ccc(F)cc2[nH]c1=O. The van der Waals surface area contributed by atoms with Crippen molar-refractivity contribution < 1.29 is 14.3 Å². The van der Waals surface area contributed by atoms with Gasteiger partial charge < -0.3 is 15.8 Å². The maximum atomic E-state index is 13.0. The van der Waals surface area contributed by atoms with E-state index in [1.54, 1.807) is 0 Å². The molecule has 0 bridgehead atoms. The van der Waals surface area contributed by atoms with Crippen molar-refractivity contribution in [2.45, 2.75) is 6.42 Å². The number of carboxylic acids is 1. The fourth-order valence-corrected chi connectivity index (χ4v) is 1.70. The van der Waals surface area contributed by atoms with Crippen molar-refractivity contribution in [3.8, 4) is 0 Å². The first-order valence-corrected chi connectivity index (χ1v) is 4.80. The number of benzene rings is 1. The molecule has 6 heteroatoms. The number of aliphatic carboxylic acids is 1. The molecule has 5 nitrogen and oxygen atoms in total. The lowest BCUT2D eigenvalue weighted by Crippen LogP contribution is -2.17. The molecule has 0 aliphatic heterocycles. The summed E-state index contributed by atoms with van der Waals surface area (Å²) in [5.41, 5.74) is 5.22. The summed E-state index contributed by atoms with van der Waals surface area (Å²) in [6, 6.07) is 3.71. The van der Waals surface area contributed by atoms with Crippen LogP contribution in [0.3, 0.4) is 0 Å². The normalized spacial score (nSPS) is 10.6. The third-order valence-electron chi connectivity index (χ3n) is 2.45. The third-order valence-corrected chi connectivity index (χ3v) is 2.45. The summed E-state index contributed by atoms with van der Waals surface area (Å²) >= 11 is 0. The van der Waals surface area contributed by atoms with Crippen LogP contribution in [-0.2, 0) is 11.2 Å². The van der Waals surface area contributed by atoms with Crippen molar-refractivity contribution >= 4 is 22.6 Å².